The number of fused-ring (bicyclic) bond motifs is 1. The van der Waals surface area contributed by atoms with Gasteiger partial charge in [-0.25, -0.2) is 14.8 Å². The van der Waals surface area contributed by atoms with E-state index in [0.29, 0.717) is 23.4 Å². The van der Waals surface area contributed by atoms with Gasteiger partial charge in [0.15, 0.2) is 5.65 Å². The summed E-state index contributed by atoms with van der Waals surface area (Å²) in [6.07, 6.45) is 2.26. The molecule has 0 radical (unpaired) electrons. The number of methoxy groups -OCH3 is 1. The van der Waals surface area contributed by atoms with Gasteiger partial charge >= 0.3 is 5.97 Å². The number of carbonyl (C=O) groups excluding carboxylic acids is 1. The van der Waals surface area contributed by atoms with Gasteiger partial charge < -0.3 is 21.1 Å². The van der Waals surface area contributed by atoms with Gasteiger partial charge in [0.1, 0.15) is 6.33 Å². The van der Waals surface area contributed by atoms with Gasteiger partial charge in [-0.1, -0.05) is 12.1 Å². The number of nitrogens with zero attached hydrogens (tertiary/aromatic N) is 3. The highest BCUT2D eigenvalue weighted by Crippen LogP contribution is 2.36. The minimum Gasteiger partial charge on any atom is -0.465 e. The summed E-state index contributed by atoms with van der Waals surface area (Å²) < 4.78 is 4.93. The van der Waals surface area contributed by atoms with E-state index < -0.39 is 11.5 Å². The number of ether oxygens (including phenoxy) is 1. The molecule has 0 saturated carbocycles. The van der Waals surface area contributed by atoms with E-state index in [1.165, 1.54) is 13.4 Å². The Bertz CT molecular complexity index is 1010. The van der Waals surface area contributed by atoms with E-state index >= 15 is 0 Å². The fourth-order valence-electron chi connectivity index (χ4n) is 3.77. The normalized spacial score (nSPS) is 20.2. The van der Waals surface area contributed by atoms with E-state index in [0.717, 1.165) is 29.7 Å². The molecule has 28 heavy (non-hydrogen) atoms. The van der Waals surface area contributed by atoms with Crippen LogP contribution in [0.15, 0.2) is 30.6 Å². The SMILES string of the molecule is COC(=O)c1ccccc1NC(c1ncnc2[nH]nc(C)c12)C1(N)CCNC1. The summed E-state index contributed by atoms with van der Waals surface area (Å²) in [6, 6.07) is 6.85. The topological polar surface area (TPSA) is 131 Å². The Labute approximate surface area is 162 Å². The van der Waals surface area contributed by atoms with E-state index in [-0.39, 0.29) is 6.04 Å². The largest absolute Gasteiger partial charge is 0.465 e. The van der Waals surface area contributed by atoms with Gasteiger partial charge in [0.05, 0.1) is 41.0 Å². The molecule has 2 aromatic heterocycles. The molecule has 4 rings (SSSR count). The zero-order valence-corrected chi connectivity index (χ0v) is 15.8. The average Bonchev–Trinajstić information content (AvgIpc) is 3.32. The average molecular weight is 381 g/mol. The first-order valence-electron chi connectivity index (χ1n) is 9.12. The molecule has 3 heterocycles. The molecular formula is C19H23N7O2. The summed E-state index contributed by atoms with van der Waals surface area (Å²) in [5.74, 6) is -0.412. The molecule has 0 amide bonds. The zero-order valence-electron chi connectivity index (χ0n) is 15.8. The maximum absolute atomic E-state index is 12.2. The maximum atomic E-state index is 12.2. The molecule has 9 nitrogen and oxygen atoms in total. The Hall–Kier alpha value is -3.04. The van der Waals surface area contributed by atoms with Crippen LogP contribution in [0.4, 0.5) is 5.69 Å². The summed E-state index contributed by atoms with van der Waals surface area (Å²) in [6.45, 7) is 3.33. The van der Waals surface area contributed by atoms with Crippen LogP contribution in [0.5, 0.6) is 0 Å². The molecule has 3 aromatic rings. The second kappa shape index (κ2) is 7.17. The first kappa shape index (κ1) is 18.3. The summed E-state index contributed by atoms with van der Waals surface area (Å²) in [5.41, 5.74) is 9.51. The standard InChI is InChI=1S/C19H23N7O2/c1-11-14-15(22-10-23-17(14)26-25-11)16(19(20)7-8-21-9-19)24-13-6-4-3-5-12(13)18(27)28-2/h3-6,10,16,21,24H,7-9,20H2,1-2H3,(H,22,23,25,26). The van der Waals surface area contributed by atoms with Crippen LogP contribution >= 0.6 is 0 Å². The molecule has 0 aliphatic carbocycles. The Morgan fingerprint density at radius 3 is 2.93 bits per heavy atom. The Morgan fingerprint density at radius 1 is 1.36 bits per heavy atom. The second-order valence-electron chi connectivity index (χ2n) is 7.07. The quantitative estimate of drug-likeness (QED) is 0.486. The highest BCUT2D eigenvalue weighted by atomic mass is 16.5. The van der Waals surface area contributed by atoms with Crippen molar-refractivity contribution >= 4 is 22.7 Å². The van der Waals surface area contributed by atoms with Crippen molar-refractivity contribution in [2.24, 2.45) is 5.73 Å². The highest BCUT2D eigenvalue weighted by Gasteiger charge is 2.41. The summed E-state index contributed by atoms with van der Waals surface area (Å²) in [7, 11) is 1.37. The molecule has 1 aliphatic heterocycles. The van der Waals surface area contributed by atoms with Gasteiger partial charge in [-0.3, -0.25) is 5.10 Å². The number of aromatic nitrogens is 4. The number of para-hydroxylation sites is 1. The van der Waals surface area contributed by atoms with E-state index in [2.05, 4.69) is 30.8 Å². The number of carbonyl (C=O) groups is 1. The number of hydrogen-bond donors (Lipinski definition) is 4. The van der Waals surface area contributed by atoms with Crippen molar-refractivity contribution in [2.45, 2.75) is 24.9 Å². The lowest BCUT2D eigenvalue weighted by Gasteiger charge is -2.35. The van der Waals surface area contributed by atoms with Gasteiger partial charge in [-0.2, -0.15) is 5.10 Å². The third-order valence-electron chi connectivity index (χ3n) is 5.27. The Kier molecular flexibility index (Phi) is 4.70. The van der Waals surface area contributed by atoms with Crippen molar-refractivity contribution in [1.82, 2.24) is 25.5 Å². The summed E-state index contributed by atoms with van der Waals surface area (Å²) in [4.78, 5) is 21.1. The predicted molar refractivity (Wildman–Crippen MR) is 105 cm³/mol. The number of aryl methyl sites for hydroxylation is 1. The number of anilines is 1. The molecule has 0 spiro atoms. The van der Waals surface area contributed by atoms with Crippen molar-refractivity contribution < 1.29 is 9.53 Å². The van der Waals surface area contributed by atoms with E-state index in [1.807, 2.05) is 19.1 Å². The van der Waals surface area contributed by atoms with Crippen LogP contribution in [0.25, 0.3) is 11.0 Å². The minimum atomic E-state index is -0.603. The molecule has 5 N–H and O–H groups in total. The minimum absolute atomic E-state index is 0.366. The molecule has 2 atom stereocenters. The number of esters is 1. The predicted octanol–water partition coefficient (Wildman–Crippen LogP) is 1.29. The monoisotopic (exact) mass is 381 g/mol. The lowest BCUT2D eigenvalue weighted by molar-refractivity contribution is 0.0601. The number of benzene rings is 1. The number of aromatic amines is 1. The van der Waals surface area contributed by atoms with Crippen LogP contribution < -0.4 is 16.4 Å². The molecule has 1 aliphatic rings. The number of hydrogen-bond acceptors (Lipinski definition) is 8. The first-order valence-corrected chi connectivity index (χ1v) is 9.12. The van der Waals surface area contributed by atoms with Crippen molar-refractivity contribution in [3.05, 3.63) is 47.5 Å². The van der Waals surface area contributed by atoms with Crippen LogP contribution in [0.2, 0.25) is 0 Å². The fraction of sp³-hybridized carbons (Fsp3) is 0.368. The number of nitrogens with one attached hydrogen (secondary N) is 3. The van der Waals surface area contributed by atoms with Gasteiger partial charge in [-0.15, -0.1) is 0 Å². The van der Waals surface area contributed by atoms with Gasteiger partial charge in [0, 0.05) is 12.2 Å². The summed E-state index contributed by atoms with van der Waals surface area (Å²) >= 11 is 0. The molecule has 1 fully saturated rings. The van der Waals surface area contributed by atoms with Crippen LogP contribution in [0, 0.1) is 6.92 Å². The van der Waals surface area contributed by atoms with E-state index in [4.69, 9.17) is 10.5 Å². The third-order valence-corrected chi connectivity index (χ3v) is 5.27. The molecule has 1 saturated heterocycles. The van der Waals surface area contributed by atoms with Crippen LogP contribution in [-0.2, 0) is 4.74 Å². The van der Waals surface area contributed by atoms with Gasteiger partial charge in [-0.05, 0) is 32.0 Å². The summed E-state index contributed by atoms with van der Waals surface area (Å²) in [5, 5.41) is 14.8. The molecule has 146 valence electrons. The maximum Gasteiger partial charge on any atom is 0.339 e. The first-order chi connectivity index (χ1) is 13.5. The van der Waals surface area contributed by atoms with Crippen LogP contribution in [-0.4, -0.2) is 51.9 Å². The second-order valence-corrected chi connectivity index (χ2v) is 7.07. The molecule has 1 aromatic carbocycles. The zero-order chi connectivity index (χ0) is 19.7. The number of rotatable bonds is 5. The Morgan fingerprint density at radius 2 is 2.18 bits per heavy atom. The molecule has 2 unspecified atom stereocenters. The molecular weight excluding hydrogens is 358 g/mol. The lowest BCUT2D eigenvalue weighted by atomic mass is 9.86. The Balaban J connectivity index is 1.84. The van der Waals surface area contributed by atoms with Crippen LogP contribution in [0.3, 0.4) is 0 Å². The molecule has 0 bridgehead atoms. The van der Waals surface area contributed by atoms with Crippen molar-refractivity contribution in [3.63, 3.8) is 0 Å². The van der Waals surface area contributed by atoms with E-state index in [1.54, 1.807) is 12.1 Å². The third kappa shape index (κ3) is 3.08. The smallest absolute Gasteiger partial charge is 0.339 e. The van der Waals surface area contributed by atoms with Crippen molar-refractivity contribution in [1.29, 1.82) is 0 Å². The van der Waals surface area contributed by atoms with Gasteiger partial charge in [0.25, 0.3) is 0 Å². The number of H-pyrrole nitrogens is 1. The van der Waals surface area contributed by atoms with E-state index in [9.17, 15) is 4.79 Å². The van der Waals surface area contributed by atoms with Crippen LogP contribution in [0.1, 0.15) is 34.2 Å². The number of nitrogens with two attached hydrogens (primary N) is 1. The fourth-order valence-corrected chi connectivity index (χ4v) is 3.77. The van der Waals surface area contributed by atoms with Crippen molar-refractivity contribution in [2.75, 3.05) is 25.5 Å². The highest BCUT2D eigenvalue weighted by molar-refractivity contribution is 5.95. The van der Waals surface area contributed by atoms with Gasteiger partial charge in [0.2, 0.25) is 0 Å². The van der Waals surface area contributed by atoms with Crippen molar-refractivity contribution in [3.8, 4) is 0 Å². The molecule has 9 heteroatoms. The lowest BCUT2D eigenvalue weighted by Crippen LogP contribution is -2.51.